The number of nitrogens with zero attached hydrogens (tertiary/aromatic N) is 3. The average molecular weight is 323 g/mol. The lowest BCUT2D eigenvalue weighted by atomic mass is 9.94. The Morgan fingerprint density at radius 2 is 1.83 bits per heavy atom. The molecule has 0 N–H and O–H groups in total. The number of pyridine rings is 1. The van der Waals surface area contributed by atoms with Crippen LogP contribution in [0.1, 0.15) is 32.6 Å². The fourth-order valence-electron chi connectivity index (χ4n) is 4.26. The van der Waals surface area contributed by atoms with Crippen LogP contribution < -0.4 is 4.90 Å². The van der Waals surface area contributed by atoms with Crippen molar-refractivity contribution in [3.63, 3.8) is 0 Å². The van der Waals surface area contributed by atoms with Crippen LogP contribution in [0.4, 0.5) is 5.82 Å². The molecular weight excluding hydrogens is 294 g/mol. The van der Waals surface area contributed by atoms with E-state index in [0.29, 0.717) is 0 Å². The van der Waals surface area contributed by atoms with E-state index in [1.807, 2.05) is 0 Å². The van der Waals surface area contributed by atoms with Crippen molar-refractivity contribution in [3.05, 3.63) is 36.4 Å². The third-order valence-electron chi connectivity index (χ3n) is 5.82. The number of fused-ring (bicyclic) bond motifs is 1. The highest BCUT2D eigenvalue weighted by Crippen LogP contribution is 2.26. The molecule has 0 aliphatic carbocycles. The zero-order valence-electron chi connectivity index (χ0n) is 14.8. The highest BCUT2D eigenvalue weighted by molar-refractivity contribution is 5.80. The smallest absolute Gasteiger partial charge is 0.129 e. The number of anilines is 1. The predicted octanol–water partition coefficient (Wildman–Crippen LogP) is 4.18. The topological polar surface area (TPSA) is 19.4 Å². The predicted molar refractivity (Wildman–Crippen MR) is 102 cm³/mol. The first-order valence-corrected chi connectivity index (χ1v) is 9.61. The fourth-order valence-corrected chi connectivity index (χ4v) is 4.26. The van der Waals surface area contributed by atoms with Crippen molar-refractivity contribution in [1.82, 2.24) is 9.88 Å². The molecule has 1 atom stereocenters. The first-order chi connectivity index (χ1) is 11.8. The summed E-state index contributed by atoms with van der Waals surface area (Å²) < 4.78 is 0. The molecule has 2 aromatic rings. The molecule has 1 aromatic heterocycles. The van der Waals surface area contributed by atoms with Gasteiger partial charge in [0, 0.05) is 25.0 Å². The molecule has 3 nitrogen and oxygen atoms in total. The molecule has 2 aliphatic rings. The van der Waals surface area contributed by atoms with Gasteiger partial charge >= 0.3 is 0 Å². The summed E-state index contributed by atoms with van der Waals surface area (Å²) in [5.41, 5.74) is 1.11. The van der Waals surface area contributed by atoms with E-state index in [4.69, 9.17) is 4.98 Å². The number of para-hydroxylation sites is 1. The van der Waals surface area contributed by atoms with Crippen LogP contribution >= 0.6 is 0 Å². The van der Waals surface area contributed by atoms with Gasteiger partial charge in [0.2, 0.25) is 0 Å². The number of likely N-dealkylation sites (tertiary alicyclic amines) is 1. The molecule has 128 valence electrons. The summed E-state index contributed by atoms with van der Waals surface area (Å²) in [6.45, 7) is 8.58. The van der Waals surface area contributed by atoms with E-state index < -0.39 is 0 Å². The minimum atomic E-state index is 0.792. The van der Waals surface area contributed by atoms with Crippen molar-refractivity contribution < 1.29 is 0 Å². The number of benzene rings is 1. The Morgan fingerprint density at radius 1 is 1.00 bits per heavy atom. The Kier molecular flexibility index (Phi) is 4.70. The maximum absolute atomic E-state index is 4.90. The summed E-state index contributed by atoms with van der Waals surface area (Å²) in [4.78, 5) is 10.1. The molecule has 3 heteroatoms. The van der Waals surface area contributed by atoms with Crippen LogP contribution in [0.2, 0.25) is 0 Å². The first-order valence-electron chi connectivity index (χ1n) is 9.61. The van der Waals surface area contributed by atoms with E-state index in [1.165, 1.54) is 50.7 Å². The summed E-state index contributed by atoms with van der Waals surface area (Å²) in [5.74, 6) is 2.87. The summed E-state index contributed by atoms with van der Waals surface area (Å²) in [7, 11) is 0. The van der Waals surface area contributed by atoms with E-state index in [-0.39, 0.29) is 0 Å². The molecule has 1 unspecified atom stereocenters. The van der Waals surface area contributed by atoms with Crippen LogP contribution in [0.15, 0.2) is 36.4 Å². The molecule has 3 heterocycles. The fraction of sp³-hybridized carbons (Fsp3) is 0.571. The maximum Gasteiger partial charge on any atom is 0.129 e. The van der Waals surface area contributed by atoms with E-state index in [1.54, 1.807) is 0 Å². The zero-order valence-corrected chi connectivity index (χ0v) is 14.8. The van der Waals surface area contributed by atoms with Gasteiger partial charge in [-0.1, -0.05) is 25.1 Å². The molecule has 0 radical (unpaired) electrons. The monoisotopic (exact) mass is 323 g/mol. The second-order valence-corrected chi connectivity index (χ2v) is 7.80. The Bertz CT molecular complexity index is 676. The number of rotatable bonds is 3. The molecule has 1 aromatic carbocycles. The van der Waals surface area contributed by atoms with E-state index in [0.717, 1.165) is 36.3 Å². The summed E-state index contributed by atoms with van der Waals surface area (Å²) in [6.07, 6.45) is 5.42. The SMILES string of the molecule is CC1CCN(CC2CCCN(c3ccc4ccccc4n3)C2)CC1. The summed E-state index contributed by atoms with van der Waals surface area (Å²) in [6, 6.07) is 12.8. The van der Waals surface area contributed by atoms with Crippen molar-refractivity contribution in [1.29, 1.82) is 0 Å². The van der Waals surface area contributed by atoms with Crippen molar-refractivity contribution in [2.24, 2.45) is 11.8 Å². The van der Waals surface area contributed by atoms with Crippen molar-refractivity contribution in [2.45, 2.75) is 32.6 Å². The van der Waals surface area contributed by atoms with Gasteiger partial charge in [-0.3, -0.25) is 0 Å². The van der Waals surface area contributed by atoms with Gasteiger partial charge in [0.1, 0.15) is 5.82 Å². The van der Waals surface area contributed by atoms with E-state index >= 15 is 0 Å². The number of piperidine rings is 2. The highest BCUT2D eigenvalue weighted by atomic mass is 15.2. The Hall–Kier alpha value is -1.61. The van der Waals surface area contributed by atoms with Gasteiger partial charge in [0.25, 0.3) is 0 Å². The Balaban J connectivity index is 1.42. The maximum atomic E-state index is 4.90. The van der Waals surface area contributed by atoms with Gasteiger partial charge < -0.3 is 9.80 Å². The second kappa shape index (κ2) is 7.10. The third-order valence-corrected chi connectivity index (χ3v) is 5.82. The minimum Gasteiger partial charge on any atom is -0.356 e. The van der Waals surface area contributed by atoms with Gasteiger partial charge in [-0.05, 0) is 68.8 Å². The molecule has 4 rings (SSSR count). The lowest BCUT2D eigenvalue weighted by Crippen LogP contribution is -2.43. The van der Waals surface area contributed by atoms with Crippen molar-refractivity contribution in [2.75, 3.05) is 37.6 Å². The number of aromatic nitrogens is 1. The molecule has 2 aliphatic heterocycles. The number of hydrogen-bond donors (Lipinski definition) is 0. The van der Waals surface area contributed by atoms with Gasteiger partial charge in [0.05, 0.1) is 5.52 Å². The molecule has 24 heavy (non-hydrogen) atoms. The lowest BCUT2D eigenvalue weighted by molar-refractivity contribution is 0.159. The molecular formula is C21H29N3. The van der Waals surface area contributed by atoms with Crippen LogP contribution in [0.5, 0.6) is 0 Å². The quantitative estimate of drug-likeness (QED) is 0.844. The van der Waals surface area contributed by atoms with Crippen molar-refractivity contribution >= 4 is 16.7 Å². The standard InChI is InChI=1S/C21H29N3/c1-17-10-13-23(14-11-17)15-18-5-4-12-24(16-18)21-9-8-19-6-2-3-7-20(19)22-21/h2-3,6-9,17-18H,4-5,10-16H2,1H3. The van der Waals surface area contributed by atoms with Gasteiger partial charge in [0.15, 0.2) is 0 Å². The van der Waals surface area contributed by atoms with Crippen LogP contribution in [0.25, 0.3) is 10.9 Å². The van der Waals surface area contributed by atoms with Crippen LogP contribution in [-0.4, -0.2) is 42.6 Å². The largest absolute Gasteiger partial charge is 0.356 e. The number of hydrogen-bond acceptors (Lipinski definition) is 3. The van der Waals surface area contributed by atoms with E-state index in [9.17, 15) is 0 Å². The van der Waals surface area contributed by atoms with Crippen LogP contribution in [0.3, 0.4) is 0 Å². The lowest BCUT2D eigenvalue weighted by Gasteiger charge is -2.38. The molecule has 2 saturated heterocycles. The van der Waals surface area contributed by atoms with Gasteiger partial charge in [-0.25, -0.2) is 4.98 Å². The first kappa shape index (κ1) is 15.9. The van der Waals surface area contributed by atoms with Crippen LogP contribution in [-0.2, 0) is 0 Å². The average Bonchev–Trinajstić information content (AvgIpc) is 2.63. The minimum absolute atomic E-state index is 0.792. The van der Waals surface area contributed by atoms with E-state index in [2.05, 4.69) is 53.1 Å². The molecule has 0 saturated carbocycles. The third kappa shape index (κ3) is 3.56. The van der Waals surface area contributed by atoms with Crippen molar-refractivity contribution in [3.8, 4) is 0 Å². The normalized spacial score (nSPS) is 23.7. The summed E-state index contributed by atoms with van der Waals surface area (Å²) >= 11 is 0. The van der Waals surface area contributed by atoms with Gasteiger partial charge in [-0.2, -0.15) is 0 Å². The molecule has 0 bridgehead atoms. The van der Waals surface area contributed by atoms with Gasteiger partial charge in [-0.15, -0.1) is 0 Å². The zero-order chi connectivity index (χ0) is 16.4. The Morgan fingerprint density at radius 3 is 2.71 bits per heavy atom. The van der Waals surface area contributed by atoms with Crippen LogP contribution in [0, 0.1) is 11.8 Å². The second-order valence-electron chi connectivity index (χ2n) is 7.80. The Labute approximate surface area is 145 Å². The molecule has 2 fully saturated rings. The highest BCUT2D eigenvalue weighted by Gasteiger charge is 2.24. The molecule has 0 amide bonds. The molecule has 0 spiro atoms. The summed E-state index contributed by atoms with van der Waals surface area (Å²) in [5, 5.41) is 1.23.